The van der Waals surface area contributed by atoms with Crippen LogP contribution < -0.4 is 11.0 Å². The van der Waals surface area contributed by atoms with Crippen molar-refractivity contribution in [3.63, 3.8) is 0 Å². The lowest BCUT2D eigenvalue weighted by molar-refractivity contribution is 1.00. The average molecular weight is 124 g/mol. The molecule has 0 aliphatic heterocycles. The minimum absolute atomic E-state index is 0.576. The zero-order valence-corrected chi connectivity index (χ0v) is 4.50. The molecular weight excluding hydrogens is 120 g/mol. The minimum Gasteiger partial charge on any atom is -0.284 e. The van der Waals surface area contributed by atoms with Crippen molar-refractivity contribution in [1.29, 1.82) is 0 Å². The highest BCUT2D eigenvalue weighted by molar-refractivity contribution is 4.87. The highest BCUT2D eigenvalue weighted by Crippen LogP contribution is 1.58. The zero-order chi connectivity index (χ0) is 6.69. The fraction of sp³-hybridized carbons (Fsp3) is 0. The molecule has 0 amide bonds. The zero-order valence-electron chi connectivity index (χ0n) is 4.50. The molecular formula is C5H4N2O2. The van der Waals surface area contributed by atoms with E-state index in [1.54, 1.807) is 0 Å². The largest absolute Gasteiger partial charge is 0.311 e. The molecule has 1 rings (SSSR count). The monoisotopic (exact) mass is 124 g/mol. The molecule has 1 aromatic rings. The summed E-state index contributed by atoms with van der Waals surface area (Å²) < 4.78 is 0. The Hall–Kier alpha value is -1.45. The molecule has 0 fully saturated rings. The number of aromatic amines is 1. The number of hydrogen-bond acceptors (Lipinski definition) is 3. The van der Waals surface area contributed by atoms with Crippen molar-refractivity contribution in [2.75, 3.05) is 0 Å². The maximum Gasteiger partial charge on any atom is 0.311 e. The van der Waals surface area contributed by atoms with Gasteiger partial charge in [0.25, 0.3) is 0 Å². The van der Waals surface area contributed by atoms with E-state index in [2.05, 4.69) is 5.10 Å². The Morgan fingerprint density at radius 3 is 3.00 bits per heavy atom. The second-order valence-electron chi connectivity index (χ2n) is 1.44. The first-order chi connectivity index (χ1) is 4.30. The second-order valence-corrected chi connectivity index (χ2v) is 1.44. The molecule has 1 N–H and O–H groups in total. The molecule has 4 heteroatoms. The number of hydrogen-bond donors (Lipinski definition) is 1. The first-order valence-corrected chi connectivity index (χ1v) is 2.35. The maximum absolute atomic E-state index is 10.4. The van der Waals surface area contributed by atoms with Crippen molar-refractivity contribution in [3.8, 4) is 0 Å². The van der Waals surface area contributed by atoms with Crippen molar-refractivity contribution in [2.45, 2.75) is 0 Å². The van der Waals surface area contributed by atoms with Gasteiger partial charge >= 0.3 is 5.56 Å². The van der Waals surface area contributed by atoms with Crippen LogP contribution in [0, 0.1) is 0 Å². The molecule has 1 aromatic heterocycles. The van der Waals surface area contributed by atoms with Gasteiger partial charge in [0.2, 0.25) is 5.43 Å². The Kier molecular flexibility index (Phi) is 1.40. The van der Waals surface area contributed by atoms with Crippen LogP contribution in [0.3, 0.4) is 0 Å². The molecule has 0 saturated carbocycles. The summed E-state index contributed by atoms with van der Waals surface area (Å²) in [6.45, 7) is 0. The molecule has 4 nitrogen and oxygen atoms in total. The van der Waals surface area contributed by atoms with Gasteiger partial charge in [0, 0.05) is 6.20 Å². The van der Waals surface area contributed by atoms with Gasteiger partial charge in [-0.05, 0) is 12.1 Å². The Bertz CT molecular complexity index is 274. The molecule has 9 heavy (non-hydrogen) atoms. The van der Waals surface area contributed by atoms with Crippen molar-refractivity contribution in [2.24, 2.45) is 0 Å². The van der Waals surface area contributed by atoms with E-state index in [0.717, 1.165) is 6.07 Å². The number of nitrogens with one attached hydrogen (secondary N) is 1. The first-order valence-electron chi connectivity index (χ1n) is 2.35. The highest BCUT2D eigenvalue weighted by atomic mass is 16.2. The molecule has 0 radical (unpaired) electrons. The van der Waals surface area contributed by atoms with Crippen molar-refractivity contribution in [1.82, 2.24) is 10.2 Å². The molecule has 46 valence electrons. The van der Waals surface area contributed by atoms with E-state index in [1.165, 1.54) is 12.3 Å². The Balaban J connectivity index is 3.62. The summed E-state index contributed by atoms with van der Waals surface area (Å²) >= 11 is 0. The predicted octanol–water partition coefficient (Wildman–Crippen LogP) is -0.870. The van der Waals surface area contributed by atoms with E-state index in [0.29, 0.717) is 0 Å². The van der Waals surface area contributed by atoms with E-state index in [9.17, 15) is 9.59 Å². The molecule has 0 atom stereocenters. The van der Waals surface area contributed by atoms with Crippen molar-refractivity contribution < 1.29 is 0 Å². The third kappa shape index (κ3) is 1.22. The van der Waals surface area contributed by atoms with Crippen LogP contribution in [-0.2, 0) is 0 Å². The lowest BCUT2D eigenvalue weighted by Gasteiger charge is -1.61. The van der Waals surface area contributed by atoms with Gasteiger partial charge in [0.05, 0.1) is 0 Å². The van der Waals surface area contributed by atoms with Gasteiger partial charge in [-0.3, -0.25) is 9.59 Å². The van der Waals surface area contributed by atoms with Gasteiger partial charge in [-0.2, -0.15) is 5.10 Å². The quantitative estimate of drug-likeness (QED) is 0.457. The van der Waals surface area contributed by atoms with E-state index < -0.39 is 11.0 Å². The summed E-state index contributed by atoms with van der Waals surface area (Å²) in [5.41, 5.74) is -1.27. The van der Waals surface area contributed by atoms with E-state index in [-0.39, 0.29) is 0 Å². The Labute approximate surface area is 50.2 Å². The van der Waals surface area contributed by atoms with Crippen LogP contribution in [0.1, 0.15) is 0 Å². The predicted molar refractivity (Wildman–Crippen MR) is 31.1 cm³/mol. The Morgan fingerprint density at radius 2 is 2.22 bits per heavy atom. The van der Waals surface area contributed by atoms with Gasteiger partial charge in [0.1, 0.15) is 0 Å². The number of rotatable bonds is 0. The lowest BCUT2D eigenvalue weighted by atomic mass is 10.5. The van der Waals surface area contributed by atoms with Crippen LogP contribution >= 0.6 is 0 Å². The van der Waals surface area contributed by atoms with Gasteiger partial charge < -0.3 is 0 Å². The first kappa shape index (κ1) is 5.68. The molecule has 0 aromatic carbocycles. The molecule has 1 heterocycles. The summed E-state index contributed by atoms with van der Waals surface area (Å²) in [5, 5.41) is 5.38. The van der Waals surface area contributed by atoms with Gasteiger partial charge in [-0.25, -0.2) is 5.10 Å². The molecule has 0 aliphatic carbocycles. The average Bonchev–Trinajstić information content (AvgIpc) is 1.99. The SMILES string of the molecule is O=c1cccn[nH]c1=O. The van der Waals surface area contributed by atoms with E-state index >= 15 is 0 Å². The van der Waals surface area contributed by atoms with Crippen LogP contribution in [0.25, 0.3) is 0 Å². The third-order valence-electron chi connectivity index (χ3n) is 0.798. The second kappa shape index (κ2) is 2.21. The number of H-pyrrole nitrogens is 1. The van der Waals surface area contributed by atoms with Crippen LogP contribution in [0.2, 0.25) is 0 Å². The minimum atomic E-state index is -0.694. The van der Waals surface area contributed by atoms with E-state index in [4.69, 9.17) is 0 Å². The molecule has 0 unspecified atom stereocenters. The molecule has 0 aliphatic rings. The number of aromatic nitrogens is 2. The highest BCUT2D eigenvalue weighted by Gasteiger charge is 1.83. The van der Waals surface area contributed by atoms with Gasteiger partial charge in [0.15, 0.2) is 0 Å². The van der Waals surface area contributed by atoms with Gasteiger partial charge in [-0.15, -0.1) is 0 Å². The maximum atomic E-state index is 10.4. The summed E-state index contributed by atoms with van der Waals surface area (Å²) in [6, 6.07) is 2.56. The summed E-state index contributed by atoms with van der Waals surface area (Å²) in [4.78, 5) is 20.8. The van der Waals surface area contributed by atoms with Crippen LogP contribution in [-0.4, -0.2) is 10.2 Å². The van der Waals surface area contributed by atoms with Crippen molar-refractivity contribution >= 4 is 0 Å². The van der Waals surface area contributed by atoms with Crippen molar-refractivity contribution in [3.05, 3.63) is 38.9 Å². The molecule has 0 spiro atoms. The summed E-state index contributed by atoms with van der Waals surface area (Å²) in [5.74, 6) is 0. The fourth-order valence-corrected chi connectivity index (χ4v) is 0.400. The number of nitrogens with zero attached hydrogens (tertiary/aromatic N) is 1. The standard InChI is InChI=1S/C5H4N2O2/c8-4-2-1-3-6-7-5(4)9/h1-3H,(H,7,8,9). The summed E-state index contributed by atoms with van der Waals surface area (Å²) in [7, 11) is 0. The Morgan fingerprint density at radius 1 is 1.44 bits per heavy atom. The van der Waals surface area contributed by atoms with Gasteiger partial charge in [-0.1, -0.05) is 0 Å². The molecule has 0 saturated heterocycles. The third-order valence-corrected chi connectivity index (χ3v) is 0.798. The fourth-order valence-electron chi connectivity index (χ4n) is 0.400. The smallest absolute Gasteiger partial charge is 0.284 e. The topological polar surface area (TPSA) is 62.8 Å². The van der Waals surface area contributed by atoms with Crippen LogP contribution in [0.15, 0.2) is 27.9 Å². The van der Waals surface area contributed by atoms with E-state index in [1.807, 2.05) is 5.10 Å². The molecule has 0 bridgehead atoms. The lowest BCUT2D eigenvalue weighted by Crippen LogP contribution is -2.22. The normalized spacial score (nSPS) is 8.89. The summed E-state index contributed by atoms with van der Waals surface area (Å²) in [6.07, 6.45) is 1.34. The van der Waals surface area contributed by atoms with Crippen LogP contribution in [0.5, 0.6) is 0 Å². The van der Waals surface area contributed by atoms with Crippen LogP contribution in [0.4, 0.5) is 0 Å².